The Bertz CT molecular complexity index is 946. The van der Waals surface area contributed by atoms with Crippen LogP contribution in [0.25, 0.3) is 0 Å². The van der Waals surface area contributed by atoms with Crippen LogP contribution < -0.4 is 10.2 Å². The molecule has 2 aromatic heterocycles. The predicted molar refractivity (Wildman–Crippen MR) is 114 cm³/mol. The van der Waals surface area contributed by atoms with E-state index in [-0.39, 0.29) is 5.91 Å². The van der Waals surface area contributed by atoms with Crippen molar-refractivity contribution < 1.29 is 9.21 Å². The molecule has 29 heavy (non-hydrogen) atoms. The van der Waals surface area contributed by atoms with Crippen molar-refractivity contribution in [2.24, 2.45) is 0 Å². The number of hydrogen-bond acceptors (Lipinski definition) is 5. The second-order valence-corrected chi connectivity index (χ2v) is 7.30. The monoisotopic (exact) mass is 390 g/mol. The van der Waals surface area contributed by atoms with E-state index in [4.69, 9.17) is 4.42 Å². The van der Waals surface area contributed by atoms with Gasteiger partial charge >= 0.3 is 0 Å². The standard InChI is InChI=1S/C23H26N4O2/c1-18-20(9-17-29-18)23(28)25-21-4-2-3-5-22(21)27-15-13-26(14-16-27)12-8-19-6-10-24-11-7-19/h2-7,9-11,17H,8,12-16H2,1H3,(H,25,28). The number of amides is 1. The van der Waals surface area contributed by atoms with Gasteiger partial charge in [-0.1, -0.05) is 12.1 Å². The van der Waals surface area contributed by atoms with Crippen molar-refractivity contribution in [3.63, 3.8) is 0 Å². The highest BCUT2D eigenvalue weighted by molar-refractivity contribution is 6.06. The summed E-state index contributed by atoms with van der Waals surface area (Å²) in [5.74, 6) is 0.488. The van der Waals surface area contributed by atoms with Gasteiger partial charge in [-0.05, 0) is 49.2 Å². The highest BCUT2D eigenvalue weighted by Gasteiger charge is 2.20. The average molecular weight is 390 g/mol. The van der Waals surface area contributed by atoms with Gasteiger partial charge in [0.05, 0.1) is 23.2 Å². The average Bonchev–Trinajstić information content (AvgIpc) is 3.20. The summed E-state index contributed by atoms with van der Waals surface area (Å²) in [6, 6.07) is 13.9. The summed E-state index contributed by atoms with van der Waals surface area (Å²) in [4.78, 5) is 21.5. The summed E-state index contributed by atoms with van der Waals surface area (Å²) in [5, 5.41) is 3.05. The second kappa shape index (κ2) is 8.92. The van der Waals surface area contributed by atoms with Crippen molar-refractivity contribution in [3.8, 4) is 0 Å². The van der Waals surface area contributed by atoms with Gasteiger partial charge in [-0.2, -0.15) is 0 Å². The van der Waals surface area contributed by atoms with Gasteiger partial charge in [0.2, 0.25) is 0 Å². The molecule has 1 aliphatic heterocycles. The molecule has 0 saturated carbocycles. The molecule has 0 radical (unpaired) electrons. The summed E-state index contributed by atoms with van der Waals surface area (Å²) >= 11 is 0. The van der Waals surface area contributed by atoms with Crippen LogP contribution in [0.4, 0.5) is 11.4 Å². The number of nitrogens with one attached hydrogen (secondary N) is 1. The van der Waals surface area contributed by atoms with Crippen LogP contribution in [-0.2, 0) is 6.42 Å². The van der Waals surface area contributed by atoms with Crippen LogP contribution in [0.3, 0.4) is 0 Å². The zero-order chi connectivity index (χ0) is 20.1. The lowest BCUT2D eigenvalue weighted by Gasteiger charge is -2.37. The number of carbonyl (C=O) groups is 1. The topological polar surface area (TPSA) is 61.6 Å². The Morgan fingerprint density at radius 2 is 1.83 bits per heavy atom. The molecule has 6 nitrogen and oxygen atoms in total. The van der Waals surface area contributed by atoms with E-state index in [1.165, 1.54) is 5.56 Å². The molecule has 1 N–H and O–H groups in total. The Balaban J connectivity index is 1.36. The van der Waals surface area contributed by atoms with E-state index in [9.17, 15) is 4.79 Å². The van der Waals surface area contributed by atoms with Gasteiger partial charge < -0.3 is 14.6 Å². The van der Waals surface area contributed by atoms with Crippen LogP contribution in [-0.4, -0.2) is 48.5 Å². The van der Waals surface area contributed by atoms with Crippen molar-refractivity contribution in [1.29, 1.82) is 0 Å². The van der Waals surface area contributed by atoms with Crippen LogP contribution in [0.5, 0.6) is 0 Å². The van der Waals surface area contributed by atoms with Crippen LogP contribution in [0, 0.1) is 6.92 Å². The quantitative estimate of drug-likeness (QED) is 0.697. The molecule has 1 amide bonds. The maximum Gasteiger partial charge on any atom is 0.259 e. The summed E-state index contributed by atoms with van der Waals surface area (Å²) in [6.07, 6.45) is 6.29. The molecule has 150 valence electrons. The van der Waals surface area contributed by atoms with Crippen molar-refractivity contribution in [2.75, 3.05) is 42.9 Å². The summed E-state index contributed by atoms with van der Waals surface area (Å²) in [5.41, 5.74) is 3.80. The fraction of sp³-hybridized carbons (Fsp3) is 0.304. The molecule has 1 saturated heterocycles. The zero-order valence-corrected chi connectivity index (χ0v) is 16.7. The minimum Gasteiger partial charge on any atom is -0.469 e. The van der Waals surface area contributed by atoms with Gasteiger partial charge in [0.1, 0.15) is 5.76 Å². The Morgan fingerprint density at radius 1 is 1.07 bits per heavy atom. The number of aryl methyl sites for hydroxylation is 1. The van der Waals surface area contributed by atoms with Gasteiger partial charge in [-0.25, -0.2) is 0 Å². The zero-order valence-electron chi connectivity index (χ0n) is 16.7. The first-order valence-corrected chi connectivity index (χ1v) is 10.0. The second-order valence-electron chi connectivity index (χ2n) is 7.30. The molecular weight excluding hydrogens is 364 g/mol. The van der Waals surface area contributed by atoms with Crippen LogP contribution in [0.2, 0.25) is 0 Å². The first-order chi connectivity index (χ1) is 14.2. The Morgan fingerprint density at radius 3 is 2.55 bits per heavy atom. The first-order valence-electron chi connectivity index (χ1n) is 10.0. The predicted octanol–water partition coefficient (Wildman–Crippen LogP) is 3.60. The van der Waals surface area contributed by atoms with Crippen molar-refractivity contribution in [1.82, 2.24) is 9.88 Å². The van der Waals surface area contributed by atoms with Gasteiger partial charge in [0, 0.05) is 45.1 Å². The molecule has 6 heteroatoms. The fourth-order valence-electron chi connectivity index (χ4n) is 3.71. The Labute approximate surface area is 171 Å². The number of hydrogen-bond donors (Lipinski definition) is 1. The van der Waals surface area contributed by atoms with E-state index in [1.807, 2.05) is 30.6 Å². The maximum absolute atomic E-state index is 12.6. The summed E-state index contributed by atoms with van der Waals surface area (Å²) in [7, 11) is 0. The molecule has 1 aliphatic rings. The van der Waals surface area contributed by atoms with Gasteiger partial charge in [0.25, 0.3) is 5.91 Å². The number of pyridine rings is 1. The van der Waals surface area contributed by atoms with Crippen molar-refractivity contribution in [3.05, 3.63) is 78.0 Å². The number of rotatable bonds is 6. The molecular formula is C23H26N4O2. The molecule has 3 aromatic rings. The van der Waals surface area contributed by atoms with Crippen LogP contribution in [0.1, 0.15) is 21.7 Å². The van der Waals surface area contributed by atoms with E-state index in [0.717, 1.165) is 50.5 Å². The normalized spacial score (nSPS) is 14.7. The number of piperazine rings is 1. The van der Waals surface area contributed by atoms with Crippen LogP contribution >= 0.6 is 0 Å². The molecule has 1 fully saturated rings. The highest BCUT2D eigenvalue weighted by atomic mass is 16.3. The molecule has 4 rings (SSSR count). The lowest BCUT2D eigenvalue weighted by molar-refractivity contribution is 0.102. The van der Waals surface area contributed by atoms with E-state index in [0.29, 0.717) is 11.3 Å². The number of nitrogens with zero attached hydrogens (tertiary/aromatic N) is 3. The third kappa shape index (κ3) is 4.66. The number of furan rings is 1. The van der Waals surface area contributed by atoms with Crippen molar-refractivity contribution >= 4 is 17.3 Å². The molecule has 3 heterocycles. The van der Waals surface area contributed by atoms with Gasteiger partial charge in [0.15, 0.2) is 0 Å². The molecule has 0 aliphatic carbocycles. The largest absolute Gasteiger partial charge is 0.469 e. The van der Waals surface area contributed by atoms with Crippen LogP contribution in [0.15, 0.2) is 65.5 Å². The number of benzene rings is 1. The third-order valence-electron chi connectivity index (χ3n) is 5.43. The third-order valence-corrected chi connectivity index (χ3v) is 5.43. The van der Waals surface area contributed by atoms with Gasteiger partial charge in [-0.15, -0.1) is 0 Å². The molecule has 0 unspecified atom stereocenters. The lowest BCUT2D eigenvalue weighted by Crippen LogP contribution is -2.47. The fourth-order valence-corrected chi connectivity index (χ4v) is 3.71. The van der Waals surface area contributed by atoms with E-state index in [2.05, 4.69) is 38.3 Å². The molecule has 0 atom stereocenters. The van der Waals surface area contributed by atoms with Gasteiger partial charge in [-0.3, -0.25) is 14.7 Å². The van der Waals surface area contributed by atoms with E-state index >= 15 is 0 Å². The first kappa shape index (κ1) is 19.2. The lowest BCUT2D eigenvalue weighted by atomic mass is 10.1. The minimum absolute atomic E-state index is 0.139. The molecule has 0 spiro atoms. The number of para-hydroxylation sites is 2. The highest BCUT2D eigenvalue weighted by Crippen LogP contribution is 2.27. The van der Waals surface area contributed by atoms with E-state index in [1.54, 1.807) is 19.3 Å². The van der Waals surface area contributed by atoms with Crippen molar-refractivity contribution in [2.45, 2.75) is 13.3 Å². The number of carbonyl (C=O) groups excluding carboxylic acids is 1. The molecule has 0 bridgehead atoms. The molecule has 1 aromatic carbocycles. The Kier molecular flexibility index (Phi) is 5.91. The maximum atomic E-state index is 12.6. The minimum atomic E-state index is -0.139. The summed E-state index contributed by atoms with van der Waals surface area (Å²) in [6.45, 7) is 6.74. The van der Waals surface area contributed by atoms with E-state index < -0.39 is 0 Å². The summed E-state index contributed by atoms with van der Waals surface area (Å²) < 4.78 is 5.26. The SMILES string of the molecule is Cc1occc1C(=O)Nc1ccccc1N1CCN(CCc2ccncc2)CC1. The number of anilines is 2. The number of aromatic nitrogens is 1. The smallest absolute Gasteiger partial charge is 0.259 e. The Hall–Kier alpha value is -3.12.